The highest BCUT2D eigenvalue weighted by molar-refractivity contribution is 5.83. The maximum absolute atomic E-state index is 12.8. The van der Waals surface area contributed by atoms with Gasteiger partial charge in [0, 0.05) is 32.8 Å². The number of piperidine rings is 1. The molecule has 1 aromatic carbocycles. The fraction of sp³-hybridized carbons (Fsp3) is 0.579. The van der Waals surface area contributed by atoms with Crippen molar-refractivity contribution in [1.82, 2.24) is 15.5 Å². The molecule has 2 rings (SSSR count). The van der Waals surface area contributed by atoms with E-state index in [-0.39, 0.29) is 23.9 Å². The third kappa shape index (κ3) is 5.74. The van der Waals surface area contributed by atoms with E-state index in [1.165, 1.54) is 0 Å². The molecule has 1 aromatic rings. The summed E-state index contributed by atoms with van der Waals surface area (Å²) in [4.78, 5) is 26.6. The van der Waals surface area contributed by atoms with Crippen LogP contribution in [0.4, 0.5) is 4.79 Å². The predicted octanol–water partition coefficient (Wildman–Crippen LogP) is 2.12. The topological polar surface area (TPSA) is 70.7 Å². The second kappa shape index (κ2) is 10.0. The van der Waals surface area contributed by atoms with Gasteiger partial charge in [0.15, 0.2) is 0 Å². The number of hydrogen-bond donors (Lipinski definition) is 2. The van der Waals surface area contributed by atoms with Crippen molar-refractivity contribution in [3.05, 3.63) is 35.9 Å². The Labute approximate surface area is 149 Å². The summed E-state index contributed by atoms with van der Waals surface area (Å²) in [7, 11) is 1.60. The molecule has 1 heterocycles. The molecule has 0 bridgehead atoms. The zero-order chi connectivity index (χ0) is 18.1. The Kier molecular flexibility index (Phi) is 7.73. The predicted molar refractivity (Wildman–Crippen MR) is 97.5 cm³/mol. The first-order valence-electron chi connectivity index (χ1n) is 9.02. The maximum atomic E-state index is 12.8. The van der Waals surface area contributed by atoms with Crippen molar-refractivity contribution in [3.8, 4) is 0 Å². The van der Waals surface area contributed by atoms with Crippen molar-refractivity contribution in [1.29, 1.82) is 0 Å². The highest BCUT2D eigenvalue weighted by Crippen LogP contribution is 2.24. The molecule has 0 aromatic heterocycles. The first-order valence-corrected chi connectivity index (χ1v) is 9.02. The number of likely N-dealkylation sites (tertiary alicyclic amines) is 1. The van der Waals surface area contributed by atoms with Crippen LogP contribution in [0.5, 0.6) is 0 Å². The number of nitrogens with zero attached hydrogens (tertiary/aromatic N) is 1. The first kappa shape index (κ1) is 19.2. The summed E-state index contributed by atoms with van der Waals surface area (Å²) in [6, 6.07) is 9.90. The van der Waals surface area contributed by atoms with E-state index in [1.54, 1.807) is 7.11 Å². The number of ether oxygens (including phenoxy) is 1. The summed E-state index contributed by atoms with van der Waals surface area (Å²) in [5.41, 5.74) is 1.08. The van der Waals surface area contributed by atoms with Crippen LogP contribution in [0.2, 0.25) is 0 Å². The number of carbonyl (C=O) groups is 2. The van der Waals surface area contributed by atoms with Gasteiger partial charge in [-0.1, -0.05) is 37.3 Å². The molecular formula is C19H29N3O3. The Balaban J connectivity index is 1.80. The SMILES string of the molecule is CC[C@@H](C(=O)N1CCC(NC(=O)NCCOC)CC1)c1ccccc1. The molecule has 3 amide bonds. The van der Waals surface area contributed by atoms with E-state index < -0.39 is 0 Å². The summed E-state index contributed by atoms with van der Waals surface area (Å²) in [5, 5.41) is 5.73. The van der Waals surface area contributed by atoms with Crippen molar-refractivity contribution >= 4 is 11.9 Å². The number of amides is 3. The van der Waals surface area contributed by atoms with Crippen LogP contribution in [0.15, 0.2) is 30.3 Å². The standard InChI is InChI=1S/C19H29N3O3/c1-3-17(15-7-5-4-6-8-15)18(23)22-12-9-16(10-13-22)21-19(24)20-11-14-25-2/h4-8,16-17H,3,9-14H2,1-2H3,(H2,20,21,24)/t17-/m1/s1. The molecule has 1 saturated heterocycles. The Morgan fingerprint density at radius 1 is 1.24 bits per heavy atom. The Bertz CT molecular complexity index is 542. The fourth-order valence-corrected chi connectivity index (χ4v) is 3.21. The summed E-state index contributed by atoms with van der Waals surface area (Å²) < 4.78 is 4.91. The van der Waals surface area contributed by atoms with Gasteiger partial charge in [-0.15, -0.1) is 0 Å². The molecule has 0 spiro atoms. The number of benzene rings is 1. The molecule has 1 aliphatic rings. The van der Waals surface area contributed by atoms with Crippen LogP contribution >= 0.6 is 0 Å². The van der Waals surface area contributed by atoms with Gasteiger partial charge in [-0.05, 0) is 24.8 Å². The maximum Gasteiger partial charge on any atom is 0.315 e. The van der Waals surface area contributed by atoms with Gasteiger partial charge in [0.2, 0.25) is 5.91 Å². The van der Waals surface area contributed by atoms with E-state index in [0.29, 0.717) is 26.2 Å². The molecule has 6 heteroatoms. The van der Waals surface area contributed by atoms with Crippen molar-refractivity contribution in [2.24, 2.45) is 0 Å². The monoisotopic (exact) mass is 347 g/mol. The zero-order valence-electron chi connectivity index (χ0n) is 15.2. The fourth-order valence-electron chi connectivity index (χ4n) is 3.21. The van der Waals surface area contributed by atoms with Gasteiger partial charge in [0.25, 0.3) is 0 Å². The van der Waals surface area contributed by atoms with E-state index in [0.717, 1.165) is 24.8 Å². The largest absolute Gasteiger partial charge is 0.383 e. The van der Waals surface area contributed by atoms with Crippen LogP contribution in [-0.2, 0) is 9.53 Å². The lowest BCUT2D eigenvalue weighted by molar-refractivity contribution is -0.134. The van der Waals surface area contributed by atoms with Crippen LogP contribution in [0.25, 0.3) is 0 Å². The molecule has 1 atom stereocenters. The van der Waals surface area contributed by atoms with Crippen LogP contribution in [0, 0.1) is 0 Å². The summed E-state index contributed by atoms with van der Waals surface area (Å²) >= 11 is 0. The molecule has 2 N–H and O–H groups in total. The minimum atomic E-state index is -0.169. The molecule has 1 aliphatic heterocycles. The Morgan fingerprint density at radius 3 is 2.52 bits per heavy atom. The molecule has 6 nitrogen and oxygen atoms in total. The number of hydrogen-bond acceptors (Lipinski definition) is 3. The van der Waals surface area contributed by atoms with Crippen LogP contribution in [0.1, 0.15) is 37.7 Å². The zero-order valence-corrected chi connectivity index (χ0v) is 15.2. The van der Waals surface area contributed by atoms with Crippen molar-refractivity contribution in [3.63, 3.8) is 0 Å². The second-order valence-electron chi connectivity index (χ2n) is 6.36. The number of carbonyl (C=O) groups excluding carboxylic acids is 2. The second-order valence-corrected chi connectivity index (χ2v) is 6.36. The van der Waals surface area contributed by atoms with Crippen LogP contribution in [0.3, 0.4) is 0 Å². The van der Waals surface area contributed by atoms with E-state index >= 15 is 0 Å². The minimum absolute atomic E-state index is 0.0805. The van der Waals surface area contributed by atoms with Gasteiger partial charge >= 0.3 is 6.03 Å². The molecule has 0 aliphatic carbocycles. The lowest BCUT2D eigenvalue weighted by Crippen LogP contribution is -2.50. The van der Waals surface area contributed by atoms with Crippen molar-refractivity contribution < 1.29 is 14.3 Å². The summed E-state index contributed by atoms with van der Waals surface area (Å²) in [5.74, 6) is 0.111. The van der Waals surface area contributed by atoms with Crippen LogP contribution in [-0.4, -0.2) is 56.2 Å². The molecule has 138 valence electrons. The van der Waals surface area contributed by atoms with Crippen LogP contribution < -0.4 is 10.6 Å². The van der Waals surface area contributed by atoms with Gasteiger partial charge in [-0.3, -0.25) is 4.79 Å². The molecule has 0 radical (unpaired) electrons. The number of urea groups is 1. The molecular weight excluding hydrogens is 318 g/mol. The van der Waals surface area contributed by atoms with Crippen molar-refractivity contribution in [2.75, 3.05) is 33.4 Å². The number of methoxy groups -OCH3 is 1. The van der Waals surface area contributed by atoms with Gasteiger partial charge in [-0.2, -0.15) is 0 Å². The Morgan fingerprint density at radius 2 is 1.92 bits per heavy atom. The van der Waals surface area contributed by atoms with E-state index in [1.807, 2.05) is 42.2 Å². The number of nitrogens with one attached hydrogen (secondary N) is 2. The van der Waals surface area contributed by atoms with Gasteiger partial charge < -0.3 is 20.3 Å². The minimum Gasteiger partial charge on any atom is -0.383 e. The molecule has 0 saturated carbocycles. The lowest BCUT2D eigenvalue weighted by Gasteiger charge is -2.34. The lowest BCUT2D eigenvalue weighted by atomic mass is 9.93. The summed E-state index contributed by atoms with van der Waals surface area (Å²) in [6.45, 7) is 4.41. The van der Waals surface area contributed by atoms with Crippen molar-refractivity contribution in [2.45, 2.75) is 38.1 Å². The quantitative estimate of drug-likeness (QED) is 0.742. The first-order chi connectivity index (χ1) is 12.2. The average Bonchev–Trinajstić information content (AvgIpc) is 2.64. The molecule has 0 unspecified atom stereocenters. The van der Waals surface area contributed by atoms with E-state index in [9.17, 15) is 9.59 Å². The third-order valence-corrected chi connectivity index (χ3v) is 4.64. The molecule has 1 fully saturated rings. The van der Waals surface area contributed by atoms with E-state index in [4.69, 9.17) is 4.74 Å². The average molecular weight is 347 g/mol. The van der Waals surface area contributed by atoms with Gasteiger partial charge in [0.05, 0.1) is 12.5 Å². The van der Waals surface area contributed by atoms with E-state index in [2.05, 4.69) is 10.6 Å². The van der Waals surface area contributed by atoms with Gasteiger partial charge in [0.1, 0.15) is 0 Å². The summed E-state index contributed by atoms with van der Waals surface area (Å²) in [6.07, 6.45) is 2.37. The highest BCUT2D eigenvalue weighted by atomic mass is 16.5. The smallest absolute Gasteiger partial charge is 0.315 e. The third-order valence-electron chi connectivity index (χ3n) is 4.64. The normalized spacial score (nSPS) is 16.3. The number of rotatable bonds is 7. The Hall–Kier alpha value is -2.08. The molecule has 25 heavy (non-hydrogen) atoms. The highest BCUT2D eigenvalue weighted by Gasteiger charge is 2.28. The van der Waals surface area contributed by atoms with Gasteiger partial charge in [-0.25, -0.2) is 4.79 Å².